The van der Waals surface area contributed by atoms with Crippen molar-refractivity contribution in [3.8, 4) is 0 Å². The summed E-state index contributed by atoms with van der Waals surface area (Å²) in [5, 5.41) is 2.94. The maximum atomic E-state index is 12.4. The second-order valence-corrected chi connectivity index (χ2v) is 5.79. The molecule has 0 fully saturated rings. The summed E-state index contributed by atoms with van der Waals surface area (Å²) in [4.78, 5) is 22.7. The molecule has 1 aromatic carbocycles. The van der Waals surface area contributed by atoms with Crippen LogP contribution in [0.3, 0.4) is 0 Å². The second-order valence-electron chi connectivity index (χ2n) is 5.79. The summed E-state index contributed by atoms with van der Waals surface area (Å²) >= 11 is 0. The van der Waals surface area contributed by atoms with E-state index < -0.39 is 0 Å². The van der Waals surface area contributed by atoms with Gasteiger partial charge in [0.15, 0.2) is 0 Å². The van der Waals surface area contributed by atoms with Gasteiger partial charge in [0.05, 0.1) is 5.69 Å². The number of hydrogen-bond donors (Lipinski definition) is 1. The molecule has 2 heterocycles. The zero-order valence-corrected chi connectivity index (χ0v) is 13.4. The van der Waals surface area contributed by atoms with Gasteiger partial charge in [0, 0.05) is 24.5 Å². The van der Waals surface area contributed by atoms with Gasteiger partial charge in [0.1, 0.15) is 6.33 Å². The molecule has 1 aliphatic heterocycles. The van der Waals surface area contributed by atoms with Crippen LogP contribution in [0.15, 0.2) is 48.9 Å². The van der Waals surface area contributed by atoms with Gasteiger partial charge in [-0.05, 0) is 43.5 Å². The Bertz CT molecular complexity index is 727. The zero-order valence-electron chi connectivity index (χ0n) is 13.4. The van der Waals surface area contributed by atoms with E-state index in [-0.39, 0.29) is 12.1 Å². The highest BCUT2D eigenvalue weighted by atomic mass is 16.2. The molecule has 1 aliphatic rings. The van der Waals surface area contributed by atoms with Crippen molar-refractivity contribution < 1.29 is 4.79 Å². The lowest BCUT2D eigenvalue weighted by atomic mass is 9.97. The number of para-hydroxylation sites is 1. The largest absolute Gasteiger partial charge is 0.322 e. The summed E-state index contributed by atoms with van der Waals surface area (Å²) in [5.41, 5.74) is 4.04. The van der Waals surface area contributed by atoms with Gasteiger partial charge in [0.25, 0.3) is 0 Å². The summed E-state index contributed by atoms with van der Waals surface area (Å²) in [6.07, 6.45) is 6.27. The fourth-order valence-electron chi connectivity index (χ4n) is 2.83. The Morgan fingerprint density at radius 2 is 2.09 bits per heavy atom. The summed E-state index contributed by atoms with van der Waals surface area (Å²) in [5.74, 6) is 0. The molecule has 1 N–H and O–H groups in total. The third-order valence-electron chi connectivity index (χ3n) is 4.07. The van der Waals surface area contributed by atoms with Gasteiger partial charge in [-0.15, -0.1) is 0 Å². The van der Waals surface area contributed by atoms with E-state index in [1.54, 1.807) is 6.33 Å². The Hall–Kier alpha value is -2.69. The number of nitrogens with one attached hydrogen (secondary N) is 1. The van der Waals surface area contributed by atoms with E-state index in [2.05, 4.69) is 28.3 Å². The maximum Gasteiger partial charge on any atom is 0.322 e. The van der Waals surface area contributed by atoms with Gasteiger partial charge in [-0.2, -0.15) is 0 Å². The van der Waals surface area contributed by atoms with Crippen LogP contribution in [0, 0.1) is 6.92 Å². The number of nitrogens with zero attached hydrogens (tertiary/aromatic N) is 3. The van der Waals surface area contributed by atoms with E-state index in [1.807, 2.05) is 48.4 Å². The molecule has 0 saturated heterocycles. The highest BCUT2D eigenvalue weighted by Gasteiger charge is 2.25. The molecule has 2 amide bonds. The van der Waals surface area contributed by atoms with Crippen LogP contribution in [-0.4, -0.2) is 33.5 Å². The van der Waals surface area contributed by atoms with Gasteiger partial charge >= 0.3 is 6.03 Å². The summed E-state index contributed by atoms with van der Waals surface area (Å²) in [6, 6.07) is 9.57. The van der Waals surface area contributed by atoms with E-state index in [4.69, 9.17) is 0 Å². The standard InChI is InChI=1S/C18H20N4O/c1-13-11-19-12-20-17(13)15-8-9-22(14(2)10-15)18(23)21-16-6-4-3-5-7-16/h3-8,11-12,14H,9-10H2,1-2H3,(H,21,23)/t14-/m0/s1. The molecule has 1 aromatic heterocycles. The van der Waals surface area contributed by atoms with Gasteiger partial charge in [0.2, 0.25) is 0 Å². The van der Waals surface area contributed by atoms with Crippen molar-refractivity contribution in [1.29, 1.82) is 0 Å². The molecule has 0 unspecified atom stereocenters. The number of carbonyl (C=O) groups excluding carboxylic acids is 1. The SMILES string of the molecule is Cc1cncnc1C1=CCN(C(=O)Nc2ccccc2)[C@@H](C)C1. The predicted octanol–water partition coefficient (Wildman–Crippen LogP) is 3.49. The molecule has 0 aliphatic carbocycles. The number of benzene rings is 1. The van der Waals surface area contributed by atoms with Crippen LogP contribution in [0.1, 0.15) is 24.6 Å². The molecule has 5 heteroatoms. The van der Waals surface area contributed by atoms with Crippen LogP contribution in [0.25, 0.3) is 5.57 Å². The molecule has 0 bridgehead atoms. The van der Waals surface area contributed by atoms with E-state index in [0.29, 0.717) is 6.54 Å². The average Bonchev–Trinajstić information content (AvgIpc) is 2.56. The quantitative estimate of drug-likeness (QED) is 0.924. The van der Waals surface area contributed by atoms with Crippen molar-refractivity contribution in [2.45, 2.75) is 26.3 Å². The first-order valence-corrected chi connectivity index (χ1v) is 7.74. The maximum absolute atomic E-state index is 12.4. The number of anilines is 1. The van der Waals surface area contributed by atoms with Gasteiger partial charge in [-0.3, -0.25) is 0 Å². The molecule has 23 heavy (non-hydrogen) atoms. The molecule has 1 atom stereocenters. The lowest BCUT2D eigenvalue weighted by molar-refractivity contribution is 0.198. The second kappa shape index (κ2) is 6.60. The number of aromatic nitrogens is 2. The number of carbonyl (C=O) groups is 1. The minimum absolute atomic E-state index is 0.0709. The Morgan fingerprint density at radius 1 is 1.30 bits per heavy atom. The number of aryl methyl sites for hydroxylation is 1. The monoisotopic (exact) mass is 308 g/mol. The molecular formula is C18H20N4O. The molecule has 0 radical (unpaired) electrons. The van der Waals surface area contributed by atoms with Crippen molar-refractivity contribution in [3.05, 3.63) is 60.2 Å². The molecule has 3 rings (SSSR count). The first-order chi connectivity index (χ1) is 11.1. The Balaban J connectivity index is 1.73. The summed E-state index contributed by atoms with van der Waals surface area (Å²) < 4.78 is 0. The predicted molar refractivity (Wildman–Crippen MR) is 91.0 cm³/mol. The number of amides is 2. The smallest absolute Gasteiger partial charge is 0.318 e. The van der Waals surface area contributed by atoms with Crippen LogP contribution >= 0.6 is 0 Å². The van der Waals surface area contributed by atoms with E-state index in [1.165, 1.54) is 5.57 Å². The first-order valence-electron chi connectivity index (χ1n) is 7.74. The van der Waals surface area contributed by atoms with Crippen molar-refractivity contribution >= 4 is 17.3 Å². The Labute approximate surface area is 136 Å². The number of urea groups is 1. The van der Waals surface area contributed by atoms with Crippen LogP contribution in [0.4, 0.5) is 10.5 Å². The van der Waals surface area contributed by atoms with Crippen molar-refractivity contribution in [1.82, 2.24) is 14.9 Å². The van der Waals surface area contributed by atoms with Crippen molar-refractivity contribution in [2.75, 3.05) is 11.9 Å². The zero-order chi connectivity index (χ0) is 16.2. The minimum Gasteiger partial charge on any atom is -0.318 e. The van der Waals surface area contributed by atoms with Crippen molar-refractivity contribution in [2.24, 2.45) is 0 Å². The lowest BCUT2D eigenvalue weighted by Crippen LogP contribution is -2.43. The Kier molecular flexibility index (Phi) is 4.37. The molecule has 5 nitrogen and oxygen atoms in total. The van der Waals surface area contributed by atoms with Crippen LogP contribution in [0.5, 0.6) is 0 Å². The van der Waals surface area contributed by atoms with E-state index in [0.717, 1.165) is 23.4 Å². The van der Waals surface area contributed by atoms with E-state index in [9.17, 15) is 4.79 Å². The average molecular weight is 308 g/mol. The topological polar surface area (TPSA) is 58.1 Å². The molecule has 2 aromatic rings. The number of hydrogen-bond acceptors (Lipinski definition) is 3. The fourth-order valence-corrected chi connectivity index (χ4v) is 2.83. The Morgan fingerprint density at radius 3 is 2.78 bits per heavy atom. The fraction of sp³-hybridized carbons (Fsp3) is 0.278. The molecule has 0 spiro atoms. The highest BCUT2D eigenvalue weighted by molar-refractivity contribution is 5.90. The third-order valence-corrected chi connectivity index (χ3v) is 4.07. The van der Waals surface area contributed by atoms with Crippen LogP contribution in [0.2, 0.25) is 0 Å². The number of rotatable bonds is 2. The van der Waals surface area contributed by atoms with Crippen LogP contribution in [-0.2, 0) is 0 Å². The molecular weight excluding hydrogens is 288 g/mol. The summed E-state index contributed by atoms with van der Waals surface area (Å²) in [6.45, 7) is 4.65. The van der Waals surface area contributed by atoms with E-state index >= 15 is 0 Å². The van der Waals surface area contributed by atoms with Crippen molar-refractivity contribution in [3.63, 3.8) is 0 Å². The normalized spacial score (nSPS) is 17.6. The van der Waals surface area contributed by atoms with Gasteiger partial charge in [-0.25, -0.2) is 14.8 Å². The summed E-state index contributed by atoms with van der Waals surface area (Å²) in [7, 11) is 0. The lowest BCUT2D eigenvalue weighted by Gasteiger charge is -2.33. The first kappa shape index (κ1) is 15.2. The van der Waals surface area contributed by atoms with Gasteiger partial charge in [-0.1, -0.05) is 24.3 Å². The molecule has 118 valence electrons. The molecule has 0 saturated carbocycles. The van der Waals surface area contributed by atoms with Gasteiger partial charge < -0.3 is 10.2 Å². The third kappa shape index (κ3) is 3.39. The minimum atomic E-state index is -0.0709. The van der Waals surface area contributed by atoms with Crippen LogP contribution < -0.4 is 5.32 Å². The highest BCUT2D eigenvalue weighted by Crippen LogP contribution is 2.27.